The van der Waals surface area contributed by atoms with Crippen molar-refractivity contribution in [1.29, 1.82) is 0 Å². The van der Waals surface area contributed by atoms with Crippen molar-refractivity contribution in [3.05, 3.63) is 35.4 Å². The van der Waals surface area contributed by atoms with Gasteiger partial charge in [-0.15, -0.1) is 0 Å². The van der Waals surface area contributed by atoms with Crippen LogP contribution in [-0.2, 0) is 17.6 Å². The van der Waals surface area contributed by atoms with E-state index in [1.165, 1.54) is 11.1 Å². The number of fused-ring (bicyclic) bond motifs is 1. The average Bonchev–Trinajstić information content (AvgIpc) is 2.61. The van der Waals surface area contributed by atoms with Gasteiger partial charge >= 0.3 is 5.97 Å². The zero-order valence-electron chi connectivity index (χ0n) is 8.73. The Morgan fingerprint density at radius 3 is 2.33 bits per heavy atom. The smallest absolute Gasteiger partial charge is 0.320 e. The molecule has 1 aliphatic carbocycles. The summed E-state index contributed by atoms with van der Waals surface area (Å²) in [5.74, 6) is -0.569. The molecule has 0 radical (unpaired) electrons. The fourth-order valence-corrected chi connectivity index (χ4v) is 2.39. The summed E-state index contributed by atoms with van der Waals surface area (Å²) in [5.41, 5.74) is 2.59. The molecule has 0 aliphatic heterocycles. The van der Waals surface area contributed by atoms with Crippen LogP contribution in [-0.4, -0.2) is 24.2 Å². The third kappa shape index (κ3) is 1.88. The van der Waals surface area contributed by atoms with Crippen LogP contribution in [0.5, 0.6) is 0 Å². The molecule has 0 saturated heterocycles. The summed E-state index contributed by atoms with van der Waals surface area (Å²) >= 11 is 0. The number of nitrogens with one attached hydrogen (secondary N) is 1. The monoisotopic (exact) mass is 205 g/mol. The summed E-state index contributed by atoms with van der Waals surface area (Å²) in [6.45, 7) is 0. The minimum atomic E-state index is -0.754. The zero-order valence-corrected chi connectivity index (χ0v) is 8.73. The van der Waals surface area contributed by atoms with Crippen LogP contribution >= 0.6 is 0 Å². The SMILES string of the molecule is CN[C@H](C(=O)O)C1Cc2ccccc2C1. The standard InChI is InChI=1S/C12H15NO2/c1-13-11(12(14)15)10-6-8-4-2-3-5-9(8)7-10/h2-5,10-11,13H,6-7H2,1H3,(H,14,15)/t11-/m0/s1. The quantitative estimate of drug-likeness (QED) is 0.776. The number of likely N-dealkylation sites (N-methyl/N-ethyl adjacent to an activating group) is 1. The predicted molar refractivity (Wildman–Crippen MR) is 57.8 cm³/mol. The van der Waals surface area contributed by atoms with Gasteiger partial charge in [-0.2, -0.15) is 0 Å². The average molecular weight is 205 g/mol. The van der Waals surface area contributed by atoms with Crippen LogP contribution in [0.15, 0.2) is 24.3 Å². The van der Waals surface area contributed by atoms with Crippen LogP contribution in [0.1, 0.15) is 11.1 Å². The van der Waals surface area contributed by atoms with Crippen LogP contribution in [0.2, 0.25) is 0 Å². The minimum Gasteiger partial charge on any atom is -0.480 e. The highest BCUT2D eigenvalue weighted by Gasteiger charge is 2.31. The van der Waals surface area contributed by atoms with E-state index in [0.717, 1.165) is 12.8 Å². The molecule has 1 aliphatic rings. The Morgan fingerprint density at radius 2 is 1.93 bits per heavy atom. The second kappa shape index (κ2) is 4.03. The third-order valence-corrected chi connectivity index (χ3v) is 3.13. The van der Waals surface area contributed by atoms with Gasteiger partial charge in [0.1, 0.15) is 6.04 Å². The fourth-order valence-electron chi connectivity index (χ4n) is 2.39. The Bertz CT molecular complexity index is 351. The lowest BCUT2D eigenvalue weighted by atomic mass is 9.97. The number of aliphatic carboxylic acids is 1. The summed E-state index contributed by atoms with van der Waals surface area (Å²) in [5, 5.41) is 11.9. The van der Waals surface area contributed by atoms with Crippen molar-refractivity contribution in [2.24, 2.45) is 5.92 Å². The first-order valence-corrected chi connectivity index (χ1v) is 5.19. The van der Waals surface area contributed by atoms with E-state index >= 15 is 0 Å². The van der Waals surface area contributed by atoms with E-state index < -0.39 is 12.0 Å². The van der Waals surface area contributed by atoms with E-state index in [4.69, 9.17) is 5.11 Å². The van der Waals surface area contributed by atoms with Gasteiger partial charge in [0.15, 0.2) is 0 Å². The predicted octanol–water partition coefficient (Wildman–Crippen LogP) is 1.07. The first-order valence-electron chi connectivity index (χ1n) is 5.19. The van der Waals surface area contributed by atoms with E-state index in [0.29, 0.717) is 0 Å². The summed E-state index contributed by atoms with van der Waals surface area (Å²) in [6, 6.07) is 7.76. The lowest BCUT2D eigenvalue weighted by Crippen LogP contribution is -2.41. The summed E-state index contributed by atoms with van der Waals surface area (Å²) in [6.07, 6.45) is 1.74. The molecule has 1 atom stereocenters. The second-order valence-corrected chi connectivity index (χ2v) is 4.04. The Hall–Kier alpha value is -1.35. The maximum atomic E-state index is 11.0. The summed E-state index contributed by atoms with van der Waals surface area (Å²) in [7, 11) is 1.71. The number of carboxylic acid groups (broad SMARTS) is 1. The van der Waals surface area contributed by atoms with Gasteiger partial charge in [-0.1, -0.05) is 24.3 Å². The van der Waals surface area contributed by atoms with Gasteiger partial charge in [-0.05, 0) is 36.9 Å². The van der Waals surface area contributed by atoms with Gasteiger partial charge in [-0.25, -0.2) is 0 Å². The molecule has 0 amide bonds. The summed E-state index contributed by atoms with van der Waals surface area (Å²) < 4.78 is 0. The van der Waals surface area contributed by atoms with Crippen molar-refractivity contribution in [3.63, 3.8) is 0 Å². The van der Waals surface area contributed by atoms with Crippen LogP contribution < -0.4 is 5.32 Å². The molecule has 0 unspecified atom stereocenters. The maximum absolute atomic E-state index is 11.0. The van der Waals surface area contributed by atoms with Crippen molar-refractivity contribution in [2.75, 3.05) is 7.05 Å². The number of hydrogen-bond donors (Lipinski definition) is 2. The number of carbonyl (C=O) groups is 1. The minimum absolute atomic E-state index is 0.185. The molecule has 15 heavy (non-hydrogen) atoms. The van der Waals surface area contributed by atoms with Gasteiger partial charge < -0.3 is 10.4 Å². The van der Waals surface area contributed by atoms with Crippen molar-refractivity contribution in [2.45, 2.75) is 18.9 Å². The Balaban J connectivity index is 2.15. The van der Waals surface area contributed by atoms with E-state index in [2.05, 4.69) is 17.4 Å². The topological polar surface area (TPSA) is 49.3 Å². The van der Waals surface area contributed by atoms with Crippen LogP contribution in [0.25, 0.3) is 0 Å². The molecule has 3 heteroatoms. The number of carboxylic acids is 1. The molecule has 3 nitrogen and oxygen atoms in total. The third-order valence-electron chi connectivity index (χ3n) is 3.13. The highest BCUT2D eigenvalue weighted by molar-refractivity contribution is 5.74. The molecule has 0 aromatic heterocycles. The molecule has 2 rings (SSSR count). The number of hydrogen-bond acceptors (Lipinski definition) is 2. The highest BCUT2D eigenvalue weighted by atomic mass is 16.4. The number of rotatable bonds is 3. The molecule has 2 N–H and O–H groups in total. The van der Waals surface area contributed by atoms with Crippen LogP contribution in [0.4, 0.5) is 0 Å². The fraction of sp³-hybridized carbons (Fsp3) is 0.417. The molecule has 0 saturated carbocycles. The molecule has 0 spiro atoms. The molecular weight excluding hydrogens is 190 g/mol. The Labute approximate surface area is 89.1 Å². The zero-order chi connectivity index (χ0) is 10.8. The van der Waals surface area contributed by atoms with Crippen molar-refractivity contribution in [1.82, 2.24) is 5.32 Å². The van der Waals surface area contributed by atoms with Crippen molar-refractivity contribution in [3.8, 4) is 0 Å². The van der Waals surface area contributed by atoms with Crippen LogP contribution in [0, 0.1) is 5.92 Å². The van der Waals surface area contributed by atoms with Gasteiger partial charge in [0.2, 0.25) is 0 Å². The Kier molecular flexibility index (Phi) is 2.73. The van der Waals surface area contributed by atoms with Gasteiger partial charge in [-0.3, -0.25) is 4.79 Å². The Morgan fingerprint density at radius 1 is 1.40 bits per heavy atom. The van der Waals surface area contributed by atoms with E-state index in [9.17, 15) is 4.79 Å². The van der Waals surface area contributed by atoms with Crippen LogP contribution in [0.3, 0.4) is 0 Å². The lowest BCUT2D eigenvalue weighted by molar-refractivity contribution is -0.140. The molecule has 1 aromatic rings. The molecule has 1 aromatic carbocycles. The highest BCUT2D eigenvalue weighted by Crippen LogP contribution is 2.28. The summed E-state index contributed by atoms with van der Waals surface area (Å²) in [4.78, 5) is 11.0. The van der Waals surface area contributed by atoms with E-state index in [-0.39, 0.29) is 5.92 Å². The second-order valence-electron chi connectivity index (χ2n) is 4.04. The molecule has 0 bridgehead atoms. The first kappa shape index (κ1) is 10.2. The largest absolute Gasteiger partial charge is 0.480 e. The van der Waals surface area contributed by atoms with Gasteiger partial charge in [0, 0.05) is 0 Å². The number of benzene rings is 1. The van der Waals surface area contributed by atoms with E-state index in [1.807, 2.05) is 12.1 Å². The first-order chi connectivity index (χ1) is 7.22. The van der Waals surface area contributed by atoms with Crippen molar-refractivity contribution < 1.29 is 9.90 Å². The van der Waals surface area contributed by atoms with Gasteiger partial charge in [0.25, 0.3) is 0 Å². The molecule has 0 fully saturated rings. The maximum Gasteiger partial charge on any atom is 0.320 e. The normalized spacial score (nSPS) is 17.4. The van der Waals surface area contributed by atoms with E-state index in [1.54, 1.807) is 7.05 Å². The molecular formula is C12H15NO2. The molecule has 80 valence electrons. The van der Waals surface area contributed by atoms with Crippen molar-refractivity contribution >= 4 is 5.97 Å². The lowest BCUT2D eigenvalue weighted by Gasteiger charge is -2.17. The molecule has 0 heterocycles. The van der Waals surface area contributed by atoms with Gasteiger partial charge in [0.05, 0.1) is 0 Å².